The van der Waals surface area contributed by atoms with Gasteiger partial charge in [0.1, 0.15) is 0 Å². The third-order valence-corrected chi connectivity index (χ3v) is 4.79. The van der Waals surface area contributed by atoms with E-state index in [1.165, 1.54) is 17.6 Å². The Labute approximate surface area is 149 Å². The van der Waals surface area contributed by atoms with Gasteiger partial charge in [-0.2, -0.15) is 0 Å². The van der Waals surface area contributed by atoms with Gasteiger partial charge in [-0.05, 0) is 43.2 Å². The van der Waals surface area contributed by atoms with Crippen molar-refractivity contribution < 1.29 is 14.0 Å². The predicted octanol–water partition coefficient (Wildman–Crippen LogP) is 4.14. The number of hydrogen-bond acceptors (Lipinski definition) is 4. The Morgan fingerprint density at radius 3 is 2.64 bits per heavy atom. The van der Waals surface area contributed by atoms with Crippen molar-refractivity contribution in [1.82, 2.24) is 5.32 Å². The lowest BCUT2D eigenvalue weighted by Crippen LogP contribution is -2.22. The largest absolute Gasteiger partial charge is 0.459 e. The fraction of sp³-hybridized carbons (Fsp3) is 0.158. The molecule has 0 spiro atoms. The monoisotopic (exact) mass is 354 g/mol. The number of carbonyl (C=O) groups is 2. The quantitative estimate of drug-likeness (QED) is 0.723. The minimum Gasteiger partial charge on any atom is -0.459 e. The van der Waals surface area contributed by atoms with Crippen LogP contribution in [0.15, 0.2) is 53.1 Å². The number of benzene rings is 1. The summed E-state index contributed by atoms with van der Waals surface area (Å²) in [5.41, 5.74) is 3.03. The van der Waals surface area contributed by atoms with Crippen LogP contribution < -0.4 is 10.6 Å². The average Bonchev–Trinajstić information content (AvgIpc) is 3.22. The topological polar surface area (TPSA) is 71.3 Å². The molecule has 2 N–H and O–H groups in total. The maximum atomic E-state index is 12.4. The molecule has 2 heterocycles. The van der Waals surface area contributed by atoms with Crippen LogP contribution in [0.4, 0.5) is 5.00 Å². The van der Waals surface area contributed by atoms with Crippen molar-refractivity contribution in [3.63, 3.8) is 0 Å². The maximum absolute atomic E-state index is 12.4. The van der Waals surface area contributed by atoms with Crippen LogP contribution in [0.5, 0.6) is 0 Å². The second-order valence-electron chi connectivity index (χ2n) is 5.73. The maximum Gasteiger partial charge on any atom is 0.291 e. The van der Waals surface area contributed by atoms with Crippen LogP contribution in [0, 0.1) is 13.8 Å². The van der Waals surface area contributed by atoms with Crippen molar-refractivity contribution >= 4 is 28.2 Å². The van der Waals surface area contributed by atoms with Crippen molar-refractivity contribution in [3.05, 3.63) is 76.1 Å². The summed E-state index contributed by atoms with van der Waals surface area (Å²) in [7, 11) is 0. The van der Waals surface area contributed by atoms with Crippen LogP contribution in [0.3, 0.4) is 0 Å². The summed E-state index contributed by atoms with van der Waals surface area (Å²) in [6, 6.07) is 13.0. The summed E-state index contributed by atoms with van der Waals surface area (Å²) in [6.45, 7) is 4.33. The Kier molecular flexibility index (Phi) is 5.00. The highest BCUT2D eigenvalue weighted by Crippen LogP contribution is 2.27. The molecule has 3 aromatic rings. The van der Waals surface area contributed by atoms with Gasteiger partial charge in [-0.25, -0.2) is 0 Å². The first-order valence-electron chi connectivity index (χ1n) is 7.82. The van der Waals surface area contributed by atoms with E-state index in [0.29, 0.717) is 16.4 Å². The molecule has 0 saturated carbocycles. The van der Waals surface area contributed by atoms with Crippen molar-refractivity contribution in [2.24, 2.45) is 0 Å². The second kappa shape index (κ2) is 7.36. The number of furan rings is 1. The van der Waals surface area contributed by atoms with E-state index in [-0.39, 0.29) is 17.6 Å². The van der Waals surface area contributed by atoms with Gasteiger partial charge in [0, 0.05) is 6.54 Å². The molecule has 3 rings (SSSR count). The Morgan fingerprint density at radius 2 is 1.92 bits per heavy atom. The van der Waals surface area contributed by atoms with Crippen molar-refractivity contribution in [2.75, 3.05) is 5.32 Å². The lowest BCUT2D eigenvalue weighted by Gasteiger charge is -2.05. The van der Waals surface area contributed by atoms with E-state index in [1.54, 1.807) is 18.2 Å². The molecule has 1 aromatic carbocycles. The van der Waals surface area contributed by atoms with Gasteiger partial charge in [-0.1, -0.05) is 29.8 Å². The molecule has 2 aromatic heterocycles. The minimum absolute atomic E-state index is 0.150. The molecule has 0 aliphatic carbocycles. The van der Waals surface area contributed by atoms with E-state index in [2.05, 4.69) is 10.6 Å². The summed E-state index contributed by atoms with van der Waals surface area (Å²) in [4.78, 5) is 25.0. The van der Waals surface area contributed by atoms with Crippen molar-refractivity contribution in [2.45, 2.75) is 20.4 Å². The zero-order chi connectivity index (χ0) is 17.8. The van der Waals surface area contributed by atoms with Gasteiger partial charge < -0.3 is 15.1 Å². The van der Waals surface area contributed by atoms with Gasteiger partial charge in [-0.3, -0.25) is 9.59 Å². The highest BCUT2D eigenvalue weighted by atomic mass is 32.1. The zero-order valence-electron chi connectivity index (χ0n) is 14.0. The molecule has 0 fully saturated rings. The van der Waals surface area contributed by atoms with Gasteiger partial charge in [-0.15, -0.1) is 11.3 Å². The molecule has 0 aliphatic heterocycles. The molecule has 128 valence electrons. The molecule has 25 heavy (non-hydrogen) atoms. The van der Waals surface area contributed by atoms with Crippen LogP contribution >= 0.6 is 11.3 Å². The highest BCUT2D eigenvalue weighted by Gasteiger charge is 2.16. The molecule has 0 aliphatic rings. The standard InChI is InChI=1S/C19H18N2O3S/c1-12-5-3-6-14(9-12)11-20-19(23)17-13(2)10-16(25-17)21-18(22)15-7-4-8-24-15/h3-10H,11H2,1-2H3,(H,20,23)(H,21,22). The number of anilines is 1. The van der Waals surface area contributed by atoms with Crippen LogP contribution in [0.1, 0.15) is 36.9 Å². The number of carbonyl (C=O) groups excluding carboxylic acids is 2. The lowest BCUT2D eigenvalue weighted by molar-refractivity contribution is 0.0953. The molecular weight excluding hydrogens is 336 g/mol. The van der Waals surface area contributed by atoms with Gasteiger partial charge in [0.15, 0.2) is 5.76 Å². The predicted molar refractivity (Wildman–Crippen MR) is 98.1 cm³/mol. The number of hydrogen-bond donors (Lipinski definition) is 2. The van der Waals surface area contributed by atoms with Crippen molar-refractivity contribution in [3.8, 4) is 0 Å². The van der Waals surface area contributed by atoms with E-state index in [0.717, 1.165) is 16.7 Å². The number of nitrogens with one attached hydrogen (secondary N) is 2. The molecule has 5 nitrogen and oxygen atoms in total. The van der Waals surface area contributed by atoms with E-state index < -0.39 is 0 Å². The number of aryl methyl sites for hydroxylation is 2. The van der Waals surface area contributed by atoms with Gasteiger partial charge in [0.25, 0.3) is 11.8 Å². The average molecular weight is 354 g/mol. The highest BCUT2D eigenvalue weighted by molar-refractivity contribution is 7.18. The number of thiophene rings is 1. The third kappa shape index (κ3) is 4.16. The molecule has 0 saturated heterocycles. The lowest BCUT2D eigenvalue weighted by atomic mass is 10.1. The molecule has 0 radical (unpaired) electrons. The Balaban J connectivity index is 1.65. The summed E-state index contributed by atoms with van der Waals surface area (Å²) >= 11 is 1.25. The van der Waals surface area contributed by atoms with Gasteiger partial charge in [0.05, 0.1) is 16.1 Å². The fourth-order valence-electron chi connectivity index (χ4n) is 2.44. The molecule has 0 bridgehead atoms. The minimum atomic E-state index is -0.335. The Hall–Kier alpha value is -2.86. The fourth-order valence-corrected chi connectivity index (χ4v) is 3.42. The Morgan fingerprint density at radius 1 is 1.08 bits per heavy atom. The summed E-state index contributed by atoms with van der Waals surface area (Å²) in [5, 5.41) is 6.28. The second-order valence-corrected chi connectivity index (χ2v) is 6.78. The zero-order valence-corrected chi connectivity index (χ0v) is 14.8. The van der Waals surface area contributed by atoms with Gasteiger partial charge in [0.2, 0.25) is 0 Å². The first kappa shape index (κ1) is 17.0. The molecule has 2 amide bonds. The third-order valence-electron chi connectivity index (χ3n) is 3.64. The first-order chi connectivity index (χ1) is 12.0. The molecular formula is C19H18N2O3S. The summed E-state index contributed by atoms with van der Waals surface area (Å²) < 4.78 is 5.06. The summed E-state index contributed by atoms with van der Waals surface area (Å²) in [6.07, 6.45) is 1.44. The van der Waals surface area contributed by atoms with Gasteiger partial charge >= 0.3 is 0 Å². The van der Waals surface area contributed by atoms with E-state index in [1.807, 2.05) is 38.1 Å². The normalized spacial score (nSPS) is 10.5. The van der Waals surface area contributed by atoms with Crippen LogP contribution in [-0.4, -0.2) is 11.8 Å². The van der Waals surface area contributed by atoms with Crippen molar-refractivity contribution in [1.29, 1.82) is 0 Å². The van der Waals surface area contributed by atoms with E-state index in [4.69, 9.17) is 4.42 Å². The van der Waals surface area contributed by atoms with E-state index in [9.17, 15) is 9.59 Å². The summed E-state index contributed by atoms with van der Waals surface area (Å²) in [5.74, 6) is -0.253. The van der Waals surface area contributed by atoms with Crippen LogP contribution in [-0.2, 0) is 6.54 Å². The van der Waals surface area contributed by atoms with Crippen LogP contribution in [0.25, 0.3) is 0 Å². The van der Waals surface area contributed by atoms with Crippen LogP contribution in [0.2, 0.25) is 0 Å². The Bertz CT molecular complexity index is 897. The first-order valence-corrected chi connectivity index (χ1v) is 8.63. The smallest absolute Gasteiger partial charge is 0.291 e. The van der Waals surface area contributed by atoms with E-state index >= 15 is 0 Å². The SMILES string of the molecule is Cc1cccc(CNC(=O)c2sc(NC(=O)c3ccco3)cc2C)c1. The number of rotatable bonds is 5. The molecule has 6 heteroatoms. The molecule has 0 atom stereocenters. The number of amides is 2. The molecule has 0 unspecified atom stereocenters.